The number of rotatable bonds is 8. The first-order chi connectivity index (χ1) is 32.3. The van der Waals surface area contributed by atoms with Crippen molar-refractivity contribution in [1.82, 2.24) is 9.13 Å². The summed E-state index contributed by atoms with van der Waals surface area (Å²) in [5, 5.41) is 4.95. The molecular weight excluding hydrogens is 787 g/mol. The van der Waals surface area contributed by atoms with Gasteiger partial charge in [0.25, 0.3) is 0 Å². The Morgan fingerprint density at radius 2 is 0.723 bits per heavy atom. The van der Waals surface area contributed by atoms with Gasteiger partial charge in [-0.1, -0.05) is 190 Å². The van der Waals surface area contributed by atoms with E-state index in [0.717, 1.165) is 28.4 Å². The fraction of sp³-hybridized carbons (Fsp3) is 0.0323. The molecule has 310 valence electrons. The van der Waals surface area contributed by atoms with E-state index >= 15 is 0 Å². The van der Waals surface area contributed by atoms with Gasteiger partial charge >= 0.3 is 0 Å². The van der Waals surface area contributed by atoms with Gasteiger partial charge in [-0.05, 0) is 101 Å². The van der Waals surface area contributed by atoms with Crippen molar-refractivity contribution in [2.24, 2.45) is 0 Å². The highest BCUT2D eigenvalue weighted by molar-refractivity contribution is 6.26. The van der Waals surface area contributed by atoms with Crippen molar-refractivity contribution in [2.45, 2.75) is 13.8 Å². The van der Waals surface area contributed by atoms with Crippen molar-refractivity contribution in [2.75, 3.05) is 4.90 Å². The molecule has 0 bridgehead atoms. The average molecular weight is 834 g/mol. The first kappa shape index (κ1) is 39.4. The normalized spacial score (nSPS) is 11.2. The second kappa shape index (κ2) is 17.0. The first-order valence-corrected chi connectivity index (χ1v) is 22.6. The Morgan fingerprint density at radius 3 is 1.34 bits per heavy atom. The minimum atomic E-state index is 1.08. The minimum Gasteiger partial charge on any atom is -0.310 e. The van der Waals surface area contributed by atoms with Crippen LogP contribution in [0.25, 0.3) is 88.4 Å². The highest BCUT2D eigenvalue weighted by Gasteiger charge is 2.22. The standard InChI is InChI=1S/C60H41N3.C2H6/c1-4-16-42(17-5-1)44-28-32-47(33-29-44)61(55-25-13-10-22-51(55)46-20-8-3-9-21-46)48-36-38-50(39-37-48)63-56-26-14-11-23-52(56)53-40-41-58-59(60(53)63)54-24-12-15-27-57(54)62(58)49-34-30-45(31-35-49)43-18-6-2-7-19-43;1-2/h1-41H;1-2H3. The number of aromatic nitrogens is 2. The molecule has 0 spiro atoms. The Balaban J connectivity index is 0.00000231. The van der Waals surface area contributed by atoms with Gasteiger partial charge in [0, 0.05) is 49.9 Å². The molecule has 12 rings (SSSR count). The van der Waals surface area contributed by atoms with E-state index in [9.17, 15) is 0 Å². The predicted octanol–water partition coefficient (Wildman–Crippen LogP) is 17.4. The van der Waals surface area contributed by atoms with Crippen LogP contribution >= 0.6 is 0 Å². The lowest BCUT2D eigenvalue weighted by Crippen LogP contribution is -2.11. The molecule has 10 aromatic carbocycles. The van der Waals surface area contributed by atoms with Gasteiger partial charge in [0.2, 0.25) is 0 Å². The topological polar surface area (TPSA) is 13.1 Å². The summed E-state index contributed by atoms with van der Waals surface area (Å²) < 4.78 is 4.90. The molecule has 0 N–H and O–H groups in total. The number of hydrogen-bond acceptors (Lipinski definition) is 1. The summed E-state index contributed by atoms with van der Waals surface area (Å²) in [6.45, 7) is 4.00. The van der Waals surface area contributed by atoms with Gasteiger partial charge in [0.1, 0.15) is 0 Å². The van der Waals surface area contributed by atoms with Crippen LogP contribution in [0.2, 0.25) is 0 Å². The summed E-state index contributed by atoms with van der Waals surface area (Å²) in [5.74, 6) is 0. The maximum absolute atomic E-state index is 2.48. The van der Waals surface area contributed by atoms with Crippen LogP contribution < -0.4 is 4.90 Å². The molecule has 0 unspecified atom stereocenters. The van der Waals surface area contributed by atoms with E-state index in [0.29, 0.717) is 0 Å². The number of anilines is 3. The Morgan fingerprint density at radius 1 is 0.292 bits per heavy atom. The van der Waals surface area contributed by atoms with E-state index in [1.54, 1.807) is 0 Å². The minimum absolute atomic E-state index is 1.08. The molecule has 0 saturated heterocycles. The number of nitrogens with zero attached hydrogens (tertiary/aromatic N) is 3. The Labute approximate surface area is 380 Å². The smallest absolute Gasteiger partial charge is 0.0641 e. The highest BCUT2D eigenvalue weighted by Crippen LogP contribution is 2.44. The molecule has 0 radical (unpaired) electrons. The largest absolute Gasteiger partial charge is 0.310 e. The fourth-order valence-corrected chi connectivity index (χ4v) is 9.63. The monoisotopic (exact) mass is 833 g/mol. The van der Waals surface area contributed by atoms with Crippen LogP contribution in [0.4, 0.5) is 17.1 Å². The average Bonchev–Trinajstić information content (AvgIpc) is 3.91. The molecule has 3 nitrogen and oxygen atoms in total. The maximum atomic E-state index is 2.48. The fourth-order valence-electron chi connectivity index (χ4n) is 9.63. The highest BCUT2D eigenvalue weighted by atomic mass is 15.1. The second-order valence-electron chi connectivity index (χ2n) is 16.1. The zero-order valence-electron chi connectivity index (χ0n) is 36.5. The molecule has 0 amide bonds. The number of fused-ring (bicyclic) bond motifs is 7. The zero-order chi connectivity index (χ0) is 43.7. The summed E-state index contributed by atoms with van der Waals surface area (Å²) in [5.41, 5.74) is 17.5. The molecular formula is C62H47N3. The molecule has 0 atom stereocenters. The van der Waals surface area contributed by atoms with Gasteiger partial charge in [-0.25, -0.2) is 0 Å². The molecule has 0 aliphatic rings. The van der Waals surface area contributed by atoms with E-state index in [2.05, 4.69) is 263 Å². The summed E-state index contributed by atoms with van der Waals surface area (Å²) in [4.78, 5) is 2.39. The molecule has 0 fully saturated rings. The van der Waals surface area contributed by atoms with Crippen LogP contribution in [0.3, 0.4) is 0 Å². The van der Waals surface area contributed by atoms with E-state index in [1.807, 2.05) is 13.8 Å². The third-order valence-electron chi connectivity index (χ3n) is 12.5. The van der Waals surface area contributed by atoms with Crippen molar-refractivity contribution in [3.63, 3.8) is 0 Å². The number of hydrogen-bond donors (Lipinski definition) is 0. The van der Waals surface area contributed by atoms with Crippen LogP contribution in [0.1, 0.15) is 13.8 Å². The van der Waals surface area contributed by atoms with Crippen LogP contribution in [0.15, 0.2) is 249 Å². The van der Waals surface area contributed by atoms with E-state index in [-0.39, 0.29) is 0 Å². The lowest BCUT2D eigenvalue weighted by molar-refractivity contribution is 1.17. The van der Waals surface area contributed by atoms with Gasteiger partial charge < -0.3 is 14.0 Å². The van der Waals surface area contributed by atoms with Crippen molar-refractivity contribution in [3.8, 4) is 44.8 Å². The lowest BCUT2D eigenvalue weighted by atomic mass is 10.0. The quantitative estimate of drug-likeness (QED) is 0.149. The Hall–Kier alpha value is -8.40. The second-order valence-corrected chi connectivity index (χ2v) is 16.1. The van der Waals surface area contributed by atoms with Crippen LogP contribution in [-0.4, -0.2) is 9.13 Å². The van der Waals surface area contributed by atoms with Crippen LogP contribution in [0, 0.1) is 0 Å². The zero-order valence-corrected chi connectivity index (χ0v) is 36.5. The van der Waals surface area contributed by atoms with Crippen molar-refractivity contribution < 1.29 is 0 Å². The Bertz CT molecular complexity index is 3570. The Kier molecular flexibility index (Phi) is 10.3. The molecule has 2 aromatic heterocycles. The van der Waals surface area contributed by atoms with Crippen molar-refractivity contribution in [3.05, 3.63) is 249 Å². The van der Waals surface area contributed by atoms with Crippen LogP contribution in [0.5, 0.6) is 0 Å². The third kappa shape index (κ3) is 6.95. The van der Waals surface area contributed by atoms with Crippen molar-refractivity contribution in [1.29, 1.82) is 0 Å². The van der Waals surface area contributed by atoms with Gasteiger partial charge in [0.05, 0.1) is 27.8 Å². The number of para-hydroxylation sites is 3. The summed E-state index contributed by atoms with van der Waals surface area (Å²) in [7, 11) is 0. The molecule has 3 heteroatoms. The SMILES string of the molecule is CC.c1ccc(-c2ccc(N(c3ccc(-n4c5ccccc5c5ccc6c(c7ccccc7n6-c6ccc(-c7ccccc7)cc6)c54)cc3)c3ccccc3-c3ccccc3)cc2)cc1. The van der Waals surface area contributed by atoms with Gasteiger partial charge in [-0.2, -0.15) is 0 Å². The molecule has 12 aromatic rings. The van der Waals surface area contributed by atoms with Gasteiger partial charge in [0.15, 0.2) is 0 Å². The van der Waals surface area contributed by atoms with Crippen molar-refractivity contribution >= 4 is 60.7 Å². The van der Waals surface area contributed by atoms with E-state index < -0.39 is 0 Å². The first-order valence-electron chi connectivity index (χ1n) is 22.6. The van der Waals surface area contributed by atoms with Crippen LogP contribution in [-0.2, 0) is 0 Å². The summed E-state index contributed by atoms with van der Waals surface area (Å²) >= 11 is 0. The third-order valence-corrected chi connectivity index (χ3v) is 12.5. The summed E-state index contributed by atoms with van der Waals surface area (Å²) in [6, 6.07) is 90.0. The molecule has 65 heavy (non-hydrogen) atoms. The molecule has 0 saturated carbocycles. The molecule has 0 aliphatic heterocycles. The molecule has 0 aliphatic carbocycles. The molecule has 2 heterocycles. The van der Waals surface area contributed by atoms with E-state index in [4.69, 9.17) is 0 Å². The van der Waals surface area contributed by atoms with Gasteiger partial charge in [-0.3, -0.25) is 0 Å². The van der Waals surface area contributed by atoms with Gasteiger partial charge in [-0.15, -0.1) is 0 Å². The van der Waals surface area contributed by atoms with E-state index in [1.165, 1.54) is 77.0 Å². The maximum Gasteiger partial charge on any atom is 0.0641 e. The lowest BCUT2D eigenvalue weighted by Gasteiger charge is -2.28. The summed E-state index contributed by atoms with van der Waals surface area (Å²) in [6.07, 6.45) is 0. The number of benzene rings is 10. The predicted molar refractivity (Wildman–Crippen MR) is 277 cm³/mol.